The van der Waals surface area contributed by atoms with Crippen LogP contribution in [-0.4, -0.2) is 10.9 Å². The highest BCUT2D eigenvalue weighted by molar-refractivity contribution is 6.35. The van der Waals surface area contributed by atoms with Crippen LogP contribution in [0.1, 0.15) is 10.4 Å². The number of amides is 1. The largest absolute Gasteiger partial charge is 0.397 e. The number of hydrogen-bond donors (Lipinski definition) is 3. The Morgan fingerprint density at radius 2 is 1.79 bits per heavy atom. The Kier molecular flexibility index (Phi) is 3.78. The van der Waals surface area contributed by atoms with Gasteiger partial charge in [0.15, 0.2) is 0 Å². The second-order valence-electron chi connectivity index (χ2n) is 3.80. The molecule has 2 rings (SSSR count). The van der Waals surface area contributed by atoms with Gasteiger partial charge in [-0.25, -0.2) is 4.98 Å². The first-order valence-electron chi connectivity index (χ1n) is 5.24. The number of primary amides is 1. The maximum absolute atomic E-state index is 11.2. The van der Waals surface area contributed by atoms with E-state index in [0.717, 1.165) is 0 Å². The van der Waals surface area contributed by atoms with Gasteiger partial charge in [0.05, 0.1) is 17.4 Å². The summed E-state index contributed by atoms with van der Waals surface area (Å²) in [4.78, 5) is 15.2. The van der Waals surface area contributed by atoms with Crippen molar-refractivity contribution >= 4 is 46.3 Å². The van der Waals surface area contributed by atoms with Crippen molar-refractivity contribution in [3.05, 3.63) is 46.1 Å². The number of nitrogens with two attached hydrogens (primary N) is 2. The number of anilines is 3. The van der Waals surface area contributed by atoms with Crippen molar-refractivity contribution in [3.8, 4) is 0 Å². The van der Waals surface area contributed by atoms with Crippen molar-refractivity contribution in [2.45, 2.75) is 0 Å². The van der Waals surface area contributed by atoms with E-state index in [4.69, 9.17) is 34.7 Å². The first-order valence-corrected chi connectivity index (χ1v) is 6.00. The van der Waals surface area contributed by atoms with Crippen LogP contribution in [0.3, 0.4) is 0 Å². The standard InChI is InChI=1S/C12H10Cl2N4O/c13-6-1-7(14)3-8(2-6)18-11-4-9(12(16)19)10(15)5-17-11/h1-5H,15H2,(H2,16,19)(H,17,18). The van der Waals surface area contributed by atoms with E-state index in [1.807, 2.05) is 0 Å². The zero-order valence-electron chi connectivity index (χ0n) is 9.65. The molecule has 0 radical (unpaired) electrons. The van der Waals surface area contributed by atoms with Gasteiger partial charge in [0.1, 0.15) is 5.82 Å². The van der Waals surface area contributed by atoms with E-state index in [1.165, 1.54) is 12.3 Å². The second-order valence-corrected chi connectivity index (χ2v) is 4.68. The molecule has 0 saturated heterocycles. The lowest BCUT2D eigenvalue weighted by Crippen LogP contribution is -2.14. The molecule has 19 heavy (non-hydrogen) atoms. The summed E-state index contributed by atoms with van der Waals surface area (Å²) in [6, 6.07) is 6.43. The topological polar surface area (TPSA) is 94.0 Å². The summed E-state index contributed by atoms with van der Waals surface area (Å²) < 4.78 is 0. The predicted molar refractivity (Wildman–Crippen MR) is 76.9 cm³/mol. The molecule has 0 aliphatic carbocycles. The van der Waals surface area contributed by atoms with Crippen LogP contribution in [0.4, 0.5) is 17.2 Å². The third-order valence-electron chi connectivity index (χ3n) is 2.34. The average molecular weight is 297 g/mol. The number of benzene rings is 1. The number of carbonyl (C=O) groups excluding carboxylic acids is 1. The number of carbonyl (C=O) groups is 1. The number of halogens is 2. The normalized spacial score (nSPS) is 10.2. The summed E-state index contributed by atoms with van der Waals surface area (Å²) >= 11 is 11.8. The van der Waals surface area contributed by atoms with Crippen LogP contribution in [0.15, 0.2) is 30.5 Å². The van der Waals surface area contributed by atoms with Crippen LogP contribution in [-0.2, 0) is 0 Å². The Labute approximate surface area is 119 Å². The van der Waals surface area contributed by atoms with Crippen molar-refractivity contribution in [2.24, 2.45) is 5.73 Å². The third kappa shape index (κ3) is 3.27. The molecule has 1 amide bonds. The van der Waals surface area contributed by atoms with E-state index in [9.17, 15) is 4.79 Å². The maximum atomic E-state index is 11.2. The SMILES string of the molecule is NC(=O)c1cc(Nc2cc(Cl)cc(Cl)c2)ncc1N. The van der Waals surface area contributed by atoms with Gasteiger partial charge in [0.25, 0.3) is 5.91 Å². The predicted octanol–water partition coefficient (Wildman–Crippen LogP) is 2.81. The molecule has 0 spiro atoms. The molecule has 5 nitrogen and oxygen atoms in total. The lowest BCUT2D eigenvalue weighted by atomic mass is 10.2. The van der Waals surface area contributed by atoms with Gasteiger partial charge in [-0.2, -0.15) is 0 Å². The first kappa shape index (κ1) is 13.5. The maximum Gasteiger partial charge on any atom is 0.250 e. The highest BCUT2D eigenvalue weighted by Crippen LogP contribution is 2.25. The summed E-state index contributed by atoms with van der Waals surface area (Å²) in [5.74, 6) is -0.201. The molecule has 1 heterocycles. The lowest BCUT2D eigenvalue weighted by molar-refractivity contribution is 0.100. The molecule has 7 heteroatoms. The Balaban J connectivity index is 2.33. The molecular formula is C12H10Cl2N4O. The van der Waals surface area contributed by atoms with Crippen LogP contribution >= 0.6 is 23.2 Å². The Bertz CT molecular complexity index is 625. The minimum Gasteiger partial charge on any atom is -0.397 e. The highest BCUT2D eigenvalue weighted by atomic mass is 35.5. The van der Waals surface area contributed by atoms with E-state index in [0.29, 0.717) is 21.6 Å². The minimum absolute atomic E-state index is 0.200. The Hall–Kier alpha value is -1.98. The smallest absolute Gasteiger partial charge is 0.250 e. The molecule has 0 unspecified atom stereocenters. The van der Waals surface area contributed by atoms with Gasteiger partial charge in [0.2, 0.25) is 0 Å². The van der Waals surface area contributed by atoms with Crippen molar-refractivity contribution in [2.75, 3.05) is 11.1 Å². The van der Waals surface area contributed by atoms with Crippen molar-refractivity contribution in [3.63, 3.8) is 0 Å². The van der Waals surface area contributed by atoms with E-state index in [-0.39, 0.29) is 11.3 Å². The number of hydrogen-bond acceptors (Lipinski definition) is 4. The molecule has 0 aliphatic rings. The first-order chi connectivity index (χ1) is 8.95. The number of nitrogens with zero attached hydrogens (tertiary/aromatic N) is 1. The summed E-state index contributed by atoms with van der Waals surface area (Å²) in [5, 5.41) is 3.94. The number of nitrogen functional groups attached to an aromatic ring is 1. The molecule has 0 fully saturated rings. The van der Waals surface area contributed by atoms with Gasteiger partial charge < -0.3 is 16.8 Å². The van der Waals surface area contributed by atoms with E-state index >= 15 is 0 Å². The van der Waals surface area contributed by atoms with Gasteiger partial charge in [-0.05, 0) is 24.3 Å². The summed E-state index contributed by atoms with van der Waals surface area (Å²) in [6.45, 7) is 0. The molecule has 0 aliphatic heterocycles. The van der Waals surface area contributed by atoms with E-state index in [1.54, 1.807) is 18.2 Å². The van der Waals surface area contributed by atoms with Gasteiger partial charge in [0, 0.05) is 15.7 Å². The molecular weight excluding hydrogens is 287 g/mol. The molecule has 5 N–H and O–H groups in total. The van der Waals surface area contributed by atoms with Crippen LogP contribution in [0, 0.1) is 0 Å². The monoisotopic (exact) mass is 296 g/mol. The quantitative estimate of drug-likeness (QED) is 0.812. The summed E-state index contributed by atoms with van der Waals surface area (Å²) in [6.07, 6.45) is 1.36. The highest BCUT2D eigenvalue weighted by Gasteiger charge is 2.08. The fourth-order valence-corrected chi connectivity index (χ4v) is 2.05. The van der Waals surface area contributed by atoms with Gasteiger partial charge in [-0.1, -0.05) is 23.2 Å². The lowest BCUT2D eigenvalue weighted by Gasteiger charge is -2.08. The average Bonchev–Trinajstić information content (AvgIpc) is 2.30. The number of pyridine rings is 1. The Morgan fingerprint density at radius 3 is 2.37 bits per heavy atom. The molecule has 2 aromatic rings. The van der Waals surface area contributed by atoms with Gasteiger partial charge >= 0.3 is 0 Å². The molecule has 1 aromatic heterocycles. The molecule has 0 atom stereocenters. The van der Waals surface area contributed by atoms with Crippen molar-refractivity contribution < 1.29 is 4.79 Å². The zero-order chi connectivity index (χ0) is 14.0. The molecule has 98 valence electrons. The molecule has 1 aromatic carbocycles. The van der Waals surface area contributed by atoms with E-state index < -0.39 is 5.91 Å². The van der Waals surface area contributed by atoms with Crippen LogP contribution in [0.2, 0.25) is 10.0 Å². The van der Waals surface area contributed by atoms with Crippen molar-refractivity contribution in [1.29, 1.82) is 0 Å². The van der Waals surface area contributed by atoms with Crippen LogP contribution in [0.5, 0.6) is 0 Å². The molecule has 0 saturated carbocycles. The van der Waals surface area contributed by atoms with Crippen LogP contribution < -0.4 is 16.8 Å². The molecule has 0 bridgehead atoms. The van der Waals surface area contributed by atoms with Gasteiger partial charge in [-0.15, -0.1) is 0 Å². The fourth-order valence-electron chi connectivity index (χ4n) is 1.52. The minimum atomic E-state index is -0.618. The number of aromatic nitrogens is 1. The van der Waals surface area contributed by atoms with Gasteiger partial charge in [-0.3, -0.25) is 4.79 Å². The zero-order valence-corrected chi connectivity index (χ0v) is 11.2. The van der Waals surface area contributed by atoms with E-state index in [2.05, 4.69) is 10.3 Å². The third-order valence-corrected chi connectivity index (χ3v) is 2.77. The Morgan fingerprint density at radius 1 is 1.16 bits per heavy atom. The van der Waals surface area contributed by atoms with Crippen LogP contribution in [0.25, 0.3) is 0 Å². The van der Waals surface area contributed by atoms with Crippen molar-refractivity contribution in [1.82, 2.24) is 4.98 Å². The fraction of sp³-hybridized carbons (Fsp3) is 0. The number of nitrogens with one attached hydrogen (secondary N) is 1. The number of rotatable bonds is 3. The summed E-state index contributed by atoms with van der Waals surface area (Å²) in [5.41, 5.74) is 11.9. The summed E-state index contributed by atoms with van der Waals surface area (Å²) in [7, 11) is 0. The second kappa shape index (κ2) is 5.34.